The molecule has 0 aromatic heterocycles. The molecule has 0 N–H and O–H groups in total. The summed E-state index contributed by atoms with van der Waals surface area (Å²) in [6.45, 7) is 2.99. The second kappa shape index (κ2) is 4.40. The van der Waals surface area contributed by atoms with Gasteiger partial charge in [-0.1, -0.05) is 60.7 Å². The first kappa shape index (κ1) is 12.5. The smallest absolute Gasteiger partial charge is 0.177 e. The van der Waals surface area contributed by atoms with Gasteiger partial charge in [-0.05, 0) is 29.7 Å². The lowest BCUT2D eigenvalue weighted by Gasteiger charge is -2.39. The largest absolute Gasteiger partial charge is 0.293 e. The summed E-state index contributed by atoms with van der Waals surface area (Å²) in [5.74, 6) is 0.188. The monoisotopic (exact) mass is 275 g/mol. The first-order chi connectivity index (χ1) is 10.2. The minimum atomic E-state index is -0.189. The normalized spacial score (nSPS) is 26.9. The van der Waals surface area contributed by atoms with Crippen LogP contribution in [0.5, 0.6) is 0 Å². The summed E-state index contributed by atoms with van der Waals surface area (Å²) in [5, 5.41) is 0. The Morgan fingerprint density at radius 2 is 1.76 bits per heavy atom. The van der Waals surface area contributed by atoms with E-state index in [1.54, 1.807) is 6.08 Å². The maximum Gasteiger partial charge on any atom is 0.177 e. The molecule has 2 heteroatoms. The van der Waals surface area contributed by atoms with Crippen molar-refractivity contribution in [2.45, 2.75) is 25.0 Å². The van der Waals surface area contributed by atoms with Crippen LogP contribution in [0.3, 0.4) is 0 Å². The Morgan fingerprint density at radius 3 is 2.57 bits per heavy atom. The molecular weight excluding hydrogens is 258 g/mol. The number of hydrogen-bond acceptors (Lipinski definition) is 2. The average molecular weight is 275 g/mol. The Bertz CT molecular complexity index is 734. The maximum atomic E-state index is 12.4. The molecule has 2 atom stereocenters. The van der Waals surface area contributed by atoms with E-state index in [1.807, 2.05) is 24.3 Å². The van der Waals surface area contributed by atoms with E-state index < -0.39 is 0 Å². The van der Waals surface area contributed by atoms with Gasteiger partial charge in [-0.25, -0.2) is 0 Å². The van der Waals surface area contributed by atoms with E-state index in [-0.39, 0.29) is 17.4 Å². The maximum absolute atomic E-state index is 12.4. The van der Waals surface area contributed by atoms with E-state index in [4.69, 9.17) is 0 Å². The highest BCUT2D eigenvalue weighted by Gasteiger charge is 2.50. The predicted octanol–water partition coefficient (Wildman–Crippen LogP) is 3.60. The van der Waals surface area contributed by atoms with E-state index in [0.717, 1.165) is 12.1 Å². The quantitative estimate of drug-likeness (QED) is 0.834. The second-order valence-electron chi connectivity index (χ2n) is 5.99. The van der Waals surface area contributed by atoms with Gasteiger partial charge in [-0.3, -0.25) is 9.69 Å². The Hall–Kier alpha value is -2.19. The molecule has 4 rings (SSSR count). The molecule has 0 radical (unpaired) electrons. The van der Waals surface area contributed by atoms with Crippen LogP contribution in [-0.2, 0) is 16.9 Å². The van der Waals surface area contributed by atoms with Crippen molar-refractivity contribution in [2.24, 2.45) is 0 Å². The molecule has 104 valence electrons. The summed E-state index contributed by atoms with van der Waals surface area (Å²) < 4.78 is 0. The molecule has 0 unspecified atom stereocenters. The first-order valence-corrected chi connectivity index (χ1v) is 7.33. The van der Waals surface area contributed by atoms with E-state index in [1.165, 1.54) is 11.1 Å². The van der Waals surface area contributed by atoms with Gasteiger partial charge in [-0.2, -0.15) is 0 Å². The van der Waals surface area contributed by atoms with Gasteiger partial charge in [0.15, 0.2) is 5.78 Å². The number of fused-ring (bicyclic) bond motifs is 5. The molecule has 0 fully saturated rings. The van der Waals surface area contributed by atoms with Crippen LogP contribution in [0, 0.1) is 0 Å². The number of ketones is 1. The van der Waals surface area contributed by atoms with Gasteiger partial charge in [0.05, 0.1) is 11.6 Å². The molecule has 0 saturated carbocycles. The summed E-state index contributed by atoms with van der Waals surface area (Å²) >= 11 is 0. The zero-order valence-electron chi connectivity index (χ0n) is 12.0. The van der Waals surface area contributed by atoms with Crippen molar-refractivity contribution in [3.05, 3.63) is 83.4 Å². The molecule has 2 aliphatic rings. The summed E-state index contributed by atoms with van der Waals surface area (Å²) in [6, 6.07) is 18.5. The van der Waals surface area contributed by atoms with Crippen molar-refractivity contribution in [3.8, 4) is 0 Å². The number of nitrogens with zero attached hydrogens (tertiary/aromatic N) is 1. The number of rotatable bonds is 2. The van der Waals surface area contributed by atoms with Gasteiger partial charge in [0.2, 0.25) is 0 Å². The molecule has 0 aliphatic carbocycles. The van der Waals surface area contributed by atoms with Crippen LogP contribution in [0.1, 0.15) is 29.7 Å². The highest BCUT2D eigenvalue weighted by atomic mass is 16.1. The van der Waals surface area contributed by atoms with Crippen molar-refractivity contribution >= 4 is 5.78 Å². The van der Waals surface area contributed by atoms with Gasteiger partial charge in [0.1, 0.15) is 0 Å². The van der Waals surface area contributed by atoms with Gasteiger partial charge < -0.3 is 0 Å². The molecule has 2 bridgehead atoms. The number of carbonyl (C=O) groups is 1. The molecule has 2 nitrogen and oxygen atoms in total. The molecule has 0 amide bonds. The lowest BCUT2D eigenvalue weighted by molar-refractivity contribution is -0.122. The van der Waals surface area contributed by atoms with Crippen LogP contribution in [0.4, 0.5) is 0 Å². The topological polar surface area (TPSA) is 20.3 Å². The number of benzene rings is 2. The van der Waals surface area contributed by atoms with Gasteiger partial charge >= 0.3 is 0 Å². The van der Waals surface area contributed by atoms with Crippen molar-refractivity contribution in [1.82, 2.24) is 4.90 Å². The summed E-state index contributed by atoms with van der Waals surface area (Å²) in [5.41, 5.74) is 3.47. The highest BCUT2D eigenvalue weighted by Crippen LogP contribution is 2.50. The molecule has 2 aromatic rings. The Balaban J connectivity index is 1.83. The van der Waals surface area contributed by atoms with Gasteiger partial charge in [0, 0.05) is 6.54 Å². The highest BCUT2D eigenvalue weighted by molar-refractivity contribution is 5.98. The third kappa shape index (κ3) is 1.72. The number of hydrogen-bond donors (Lipinski definition) is 0. The Kier molecular flexibility index (Phi) is 2.63. The standard InChI is InChI=1S/C19H17NO/c1-19-12-11-17(21)18(15-9-5-6-10-16(15)19)20(19)13-14-7-3-2-4-8-14/h2-12,18H,13H2,1H3/t18-,19-/m0/s1. The second-order valence-corrected chi connectivity index (χ2v) is 5.99. The van der Waals surface area contributed by atoms with Crippen LogP contribution in [0.25, 0.3) is 0 Å². The summed E-state index contributed by atoms with van der Waals surface area (Å²) in [7, 11) is 0. The van der Waals surface area contributed by atoms with Crippen molar-refractivity contribution in [2.75, 3.05) is 0 Å². The van der Waals surface area contributed by atoms with Crippen molar-refractivity contribution in [1.29, 1.82) is 0 Å². The molecule has 0 spiro atoms. The van der Waals surface area contributed by atoms with Crippen LogP contribution in [0.2, 0.25) is 0 Å². The molecule has 2 aliphatic heterocycles. The van der Waals surface area contributed by atoms with E-state index in [9.17, 15) is 4.79 Å². The molecule has 0 saturated heterocycles. The van der Waals surface area contributed by atoms with Crippen molar-refractivity contribution in [3.63, 3.8) is 0 Å². The zero-order chi connectivity index (χ0) is 14.4. The summed E-state index contributed by atoms with van der Waals surface area (Å²) in [4.78, 5) is 14.7. The molecule has 2 aromatic carbocycles. The van der Waals surface area contributed by atoms with Crippen LogP contribution in [-0.4, -0.2) is 10.7 Å². The molecule has 21 heavy (non-hydrogen) atoms. The lowest BCUT2D eigenvalue weighted by atomic mass is 9.91. The fraction of sp³-hybridized carbons (Fsp3) is 0.211. The zero-order valence-corrected chi connectivity index (χ0v) is 12.0. The molecular formula is C19H17NO. The Labute approximate surface area is 124 Å². The van der Waals surface area contributed by atoms with E-state index in [2.05, 4.69) is 48.2 Å². The fourth-order valence-electron chi connectivity index (χ4n) is 3.65. The third-order valence-corrected chi connectivity index (χ3v) is 4.75. The van der Waals surface area contributed by atoms with Gasteiger partial charge in [-0.15, -0.1) is 0 Å². The average Bonchev–Trinajstić information content (AvgIpc) is 2.69. The minimum absolute atomic E-state index is 0.142. The molecule has 2 heterocycles. The SMILES string of the molecule is C[C@]12C=CC(=O)[C@H](c3ccccc31)N2Cc1ccccc1. The van der Waals surface area contributed by atoms with Crippen LogP contribution >= 0.6 is 0 Å². The predicted molar refractivity (Wildman–Crippen MR) is 82.7 cm³/mol. The van der Waals surface area contributed by atoms with Crippen LogP contribution < -0.4 is 0 Å². The summed E-state index contributed by atoms with van der Waals surface area (Å²) in [6.07, 6.45) is 3.81. The third-order valence-electron chi connectivity index (χ3n) is 4.75. The fourth-order valence-corrected chi connectivity index (χ4v) is 3.65. The first-order valence-electron chi connectivity index (χ1n) is 7.33. The minimum Gasteiger partial charge on any atom is -0.293 e. The Morgan fingerprint density at radius 1 is 1.05 bits per heavy atom. The van der Waals surface area contributed by atoms with Crippen molar-refractivity contribution < 1.29 is 4.79 Å². The van der Waals surface area contributed by atoms with Gasteiger partial charge in [0.25, 0.3) is 0 Å². The lowest BCUT2D eigenvalue weighted by Crippen LogP contribution is -2.43. The number of carbonyl (C=O) groups excluding carboxylic acids is 1. The van der Waals surface area contributed by atoms with E-state index in [0.29, 0.717) is 0 Å². The van der Waals surface area contributed by atoms with Crippen LogP contribution in [0.15, 0.2) is 66.7 Å². The van der Waals surface area contributed by atoms with E-state index >= 15 is 0 Å².